The lowest BCUT2D eigenvalue weighted by Gasteiger charge is -2.21. The minimum Gasteiger partial charge on any atom is -0.360 e. The van der Waals surface area contributed by atoms with Crippen molar-refractivity contribution in [1.82, 2.24) is 15.2 Å². The molecule has 1 atom stereocenters. The van der Waals surface area contributed by atoms with Gasteiger partial charge in [-0.05, 0) is 25.5 Å². The molecule has 3 rings (SSSR count). The predicted octanol–water partition coefficient (Wildman–Crippen LogP) is 1.56. The van der Waals surface area contributed by atoms with E-state index in [2.05, 4.69) is 10.3 Å². The lowest BCUT2D eigenvalue weighted by Crippen LogP contribution is -2.43. The number of H-pyrrole nitrogens is 1. The average molecular weight is 285 g/mol. The second kappa shape index (κ2) is 5.69. The van der Waals surface area contributed by atoms with Gasteiger partial charge in [0.15, 0.2) is 5.78 Å². The number of fused-ring (bicyclic) bond motifs is 1. The van der Waals surface area contributed by atoms with E-state index < -0.39 is 0 Å². The summed E-state index contributed by atoms with van der Waals surface area (Å²) in [7, 11) is 1.64. The molecule has 0 saturated carbocycles. The Morgan fingerprint density at radius 2 is 2.19 bits per heavy atom. The third-order valence-electron chi connectivity index (χ3n) is 4.15. The lowest BCUT2D eigenvalue weighted by molar-refractivity contribution is -0.124. The number of hydrogen-bond acceptors (Lipinski definition) is 3. The highest BCUT2D eigenvalue weighted by molar-refractivity contribution is 6.08. The molecule has 1 aromatic carbocycles. The van der Waals surface area contributed by atoms with Crippen LogP contribution in [0, 0.1) is 0 Å². The van der Waals surface area contributed by atoms with E-state index in [1.807, 2.05) is 29.2 Å². The maximum Gasteiger partial charge on any atom is 0.237 e. The Labute approximate surface area is 123 Å². The van der Waals surface area contributed by atoms with Crippen LogP contribution in [0.2, 0.25) is 0 Å². The van der Waals surface area contributed by atoms with Gasteiger partial charge < -0.3 is 10.3 Å². The Hall–Kier alpha value is -2.14. The molecule has 2 N–H and O–H groups in total. The standard InChI is InChI=1S/C16H19N3O2/c1-17-16(21)14-7-4-8-19(14)10-15(20)12-9-18-13-6-3-2-5-11(12)13/h2-3,5-6,9,14,18H,4,7-8,10H2,1H3,(H,17,21). The summed E-state index contributed by atoms with van der Waals surface area (Å²) in [6.45, 7) is 1.09. The fourth-order valence-electron chi connectivity index (χ4n) is 3.05. The Bertz CT molecular complexity index is 677. The van der Waals surface area contributed by atoms with E-state index in [-0.39, 0.29) is 17.7 Å². The van der Waals surface area contributed by atoms with Crippen molar-refractivity contribution < 1.29 is 9.59 Å². The van der Waals surface area contributed by atoms with Gasteiger partial charge in [-0.1, -0.05) is 18.2 Å². The number of likely N-dealkylation sites (tertiary alicyclic amines) is 1. The summed E-state index contributed by atoms with van der Waals surface area (Å²) in [4.78, 5) is 29.5. The Morgan fingerprint density at radius 3 is 3.00 bits per heavy atom. The summed E-state index contributed by atoms with van der Waals surface area (Å²) in [6.07, 6.45) is 3.54. The summed E-state index contributed by atoms with van der Waals surface area (Å²) in [6, 6.07) is 7.59. The molecular formula is C16H19N3O2. The van der Waals surface area contributed by atoms with E-state index in [1.165, 1.54) is 0 Å². The minimum absolute atomic E-state index is 0.000716. The van der Waals surface area contributed by atoms with Gasteiger partial charge in [-0.2, -0.15) is 0 Å². The molecule has 0 aliphatic carbocycles. The van der Waals surface area contributed by atoms with Crippen LogP contribution in [0.4, 0.5) is 0 Å². The first-order chi connectivity index (χ1) is 10.2. The number of carbonyl (C=O) groups is 2. The average Bonchev–Trinajstić information content (AvgIpc) is 3.12. The Morgan fingerprint density at radius 1 is 1.38 bits per heavy atom. The molecule has 5 nitrogen and oxygen atoms in total. The van der Waals surface area contributed by atoms with Gasteiger partial charge >= 0.3 is 0 Å². The fraction of sp³-hybridized carbons (Fsp3) is 0.375. The second-order valence-corrected chi connectivity index (χ2v) is 5.41. The number of Topliss-reactive ketones (excluding diaryl/α,β-unsaturated/α-hetero) is 1. The number of likely N-dealkylation sites (N-methyl/N-ethyl adjacent to an activating group) is 1. The highest BCUT2D eigenvalue weighted by Gasteiger charge is 2.31. The number of benzene rings is 1. The zero-order chi connectivity index (χ0) is 14.8. The molecule has 1 amide bonds. The fourth-order valence-corrected chi connectivity index (χ4v) is 3.05. The Balaban J connectivity index is 1.78. The number of aromatic amines is 1. The van der Waals surface area contributed by atoms with Gasteiger partial charge in [0.25, 0.3) is 0 Å². The highest BCUT2D eigenvalue weighted by Crippen LogP contribution is 2.21. The molecular weight excluding hydrogens is 266 g/mol. The Kier molecular flexibility index (Phi) is 3.75. The van der Waals surface area contributed by atoms with E-state index in [4.69, 9.17) is 0 Å². The lowest BCUT2D eigenvalue weighted by atomic mass is 10.1. The van der Waals surface area contributed by atoms with Gasteiger partial charge in [0.2, 0.25) is 5.91 Å². The first kappa shape index (κ1) is 13.8. The molecule has 2 aromatic rings. The number of hydrogen-bond donors (Lipinski definition) is 2. The normalized spacial score (nSPS) is 19.0. The number of rotatable bonds is 4. The van der Waals surface area contributed by atoms with Gasteiger partial charge in [0.05, 0.1) is 12.6 Å². The second-order valence-electron chi connectivity index (χ2n) is 5.41. The summed E-state index contributed by atoms with van der Waals surface area (Å²) >= 11 is 0. The van der Waals surface area contributed by atoms with Crippen LogP contribution in [-0.2, 0) is 4.79 Å². The van der Waals surface area contributed by atoms with Crippen molar-refractivity contribution in [1.29, 1.82) is 0 Å². The van der Waals surface area contributed by atoms with E-state index in [0.717, 1.165) is 30.3 Å². The number of ketones is 1. The number of amides is 1. The topological polar surface area (TPSA) is 65.2 Å². The van der Waals surface area contributed by atoms with Crippen LogP contribution in [0.5, 0.6) is 0 Å². The maximum absolute atomic E-state index is 12.5. The number of nitrogens with zero attached hydrogens (tertiary/aromatic N) is 1. The SMILES string of the molecule is CNC(=O)C1CCCN1CC(=O)c1c[nH]c2ccccc12. The van der Waals surface area contributed by atoms with E-state index in [0.29, 0.717) is 12.1 Å². The first-order valence-corrected chi connectivity index (χ1v) is 7.25. The summed E-state index contributed by atoms with van der Waals surface area (Å²) in [5.41, 5.74) is 1.67. The van der Waals surface area contributed by atoms with Gasteiger partial charge in [0.1, 0.15) is 0 Å². The molecule has 0 bridgehead atoms. The van der Waals surface area contributed by atoms with E-state index >= 15 is 0 Å². The highest BCUT2D eigenvalue weighted by atomic mass is 16.2. The first-order valence-electron chi connectivity index (χ1n) is 7.25. The van der Waals surface area contributed by atoms with Crippen molar-refractivity contribution in [3.63, 3.8) is 0 Å². The van der Waals surface area contributed by atoms with Crippen molar-refractivity contribution in [2.24, 2.45) is 0 Å². The molecule has 0 radical (unpaired) electrons. The molecule has 1 fully saturated rings. The molecule has 2 heterocycles. The van der Waals surface area contributed by atoms with Crippen molar-refractivity contribution in [2.45, 2.75) is 18.9 Å². The zero-order valence-electron chi connectivity index (χ0n) is 12.1. The van der Waals surface area contributed by atoms with Crippen LogP contribution >= 0.6 is 0 Å². The third kappa shape index (κ3) is 2.56. The number of carbonyl (C=O) groups excluding carboxylic acids is 2. The smallest absolute Gasteiger partial charge is 0.237 e. The molecule has 0 spiro atoms. The van der Waals surface area contributed by atoms with Crippen LogP contribution in [0.15, 0.2) is 30.5 Å². The number of nitrogens with one attached hydrogen (secondary N) is 2. The monoisotopic (exact) mass is 285 g/mol. The number of para-hydroxylation sites is 1. The summed E-state index contributed by atoms with van der Waals surface area (Å²) in [5.74, 6) is 0.0579. The minimum atomic E-state index is -0.177. The quantitative estimate of drug-likeness (QED) is 0.838. The van der Waals surface area contributed by atoms with Crippen LogP contribution in [0.3, 0.4) is 0 Å². The molecule has 1 aliphatic heterocycles. The van der Waals surface area contributed by atoms with Crippen molar-refractivity contribution in [2.75, 3.05) is 20.1 Å². The molecule has 1 saturated heterocycles. The molecule has 1 unspecified atom stereocenters. The van der Waals surface area contributed by atoms with Gasteiger partial charge in [-0.3, -0.25) is 14.5 Å². The van der Waals surface area contributed by atoms with Crippen LogP contribution in [-0.4, -0.2) is 47.8 Å². The predicted molar refractivity (Wildman–Crippen MR) is 81.3 cm³/mol. The van der Waals surface area contributed by atoms with Crippen LogP contribution in [0.1, 0.15) is 23.2 Å². The third-order valence-corrected chi connectivity index (χ3v) is 4.15. The molecule has 110 valence electrons. The van der Waals surface area contributed by atoms with E-state index in [1.54, 1.807) is 13.2 Å². The molecule has 21 heavy (non-hydrogen) atoms. The largest absolute Gasteiger partial charge is 0.360 e. The van der Waals surface area contributed by atoms with Gasteiger partial charge in [-0.15, -0.1) is 0 Å². The molecule has 1 aliphatic rings. The van der Waals surface area contributed by atoms with Crippen molar-refractivity contribution in [3.8, 4) is 0 Å². The molecule has 1 aromatic heterocycles. The summed E-state index contributed by atoms with van der Waals surface area (Å²) < 4.78 is 0. The number of aromatic nitrogens is 1. The van der Waals surface area contributed by atoms with Crippen LogP contribution in [0.25, 0.3) is 10.9 Å². The van der Waals surface area contributed by atoms with E-state index in [9.17, 15) is 9.59 Å². The van der Waals surface area contributed by atoms with Gasteiger partial charge in [-0.25, -0.2) is 0 Å². The molecule has 5 heteroatoms. The van der Waals surface area contributed by atoms with Crippen LogP contribution < -0.4 is 5.32 Å². The van der Waals surface area contributed by atoms with Crippen molar-refractivity contribution in [3.05, 3.63) is 36.0 Å². The maximum atomic E-state index is 12.5. The van der Waals surface area contributed by atoms with Gasteiger partial charge in [0, 0.05) is 29.7 Å². The van der Waals surface area contributed by atoms with Crippen molar-refractivity contribution >= 4 is 22.6 Å². The summed E-state index contributed by atoms with van der Waals surface area (Å²) in [5, 5.41) is 3.62. The zero-order valence-corrected chi connectivity index (χ0v) is 12.1.